The van der Waals surface area contributed by atoms with Gasteiger partial charge in [0.05, 0.1) is 13.2 Å². The standard InChI is InChI=1S/C19H21N3O3/c20-16(13-23-12-15-7-3-1-4-8-15)11-19-21-18(22-25-19)14-24-17-9-5-2-6-10-17/h1-10,16H,11-14,20H2/t16-/m0/s1. The van der Waals surface area contributed by atoms with Gasteiger partial charge >= 0.3 is 0 Å². The molecule has 0 unspecified atom stereocenters. The van der Waals surface area contributed by atoms with E-state index >= 15 is 0 Å². The fourth-order valence-corrected chi connectivity index (χ4v) is 2.28. The maximum absolute atomic E-state index is 6.06. The molecule has 6 heteroatoms. The summed E-state index contributed by atoms with van der Waals surface area (Å²) in [6, 6.07) is 19.3. The number of para-hydroxylation sites is 1. The van der Waals surface area contributed by atoms with Gasteiger partial charge in [-0.05, 0) is 17.7 Å². The summed E-state index contributed by atoms with van der Waals surface area (Å²) in [6.07, 6.45) is 0.465. The lowest BCUT2D eigenvalue weighted by Crippen LogP contribution is -2.28. The maximum atomic E-state index is 6.06. The van der Waals surface area contributed by atoms with Gasteiger partial charge in [-0.15, -0.1) is 0 Å². The van der Waals surface area contributed by atoms with E-state index in [0.29, 0.717) is 31.3 Å². The van der Waals surface area contributed by atoms with Crippen molar-refractivity contribution in [3.8, 4) is 5.75 Å². The third-order valence-electron chi connectivity index (χ3n) is 3.50. The fourth-order valence-electron chi connectivity index (χ4n) is 2.28. The predicted molar refractivity (Wildman–Crippen MR) is 92.8 cm³/mol. The van der Waals surface area contributed by atoms with E-state index in [2.05, 4.69) is 10.1 Å². The molecule has 0 fully saturated rings. The molecule has 0 aliphatic carbocycles. The zero-order valence-corrected chi connectivity index (χ0v) is 13.9. The molecule has 0 amide bonds. The molecule has 0 saturated carbocycles. The fraction of sp³-hybridized carbons (Fsp3) is 0.263. The molecule has 130 valence electrons. The third-order valence-corrected chi connectivity index (χ3v) is 3.50. The largest absolute Gasteiger partial charge is 0.485 e. The topological polar surface area (TPSA) is 83.4 Å². The van der Waals surface area contributed by atoms with Gasteiger partial charge in [-0.25, -0.2) is 0 Å². The van der Waals surface area contributed by atoms with Crippen molar-refractivity contribution in [2.75, 3.05) is 6.61 Å². The lowest BCUT2D eigenvalue weighted by molar-refractivity contribution is 0.106. The minimum atomic E-state index is -0.202. The van der Waals surface area contributed by atoms with E-state index in [1.807, 2.05) is 60.7 Å². The molecule has 0 aliphatic rings. The van der Waals surface area contributed by atoms with E-state index in [9.17, 15) is 0 Å². The number of aromatic nitrogens is 2. The highest BCUT2D eigenvalue weighted by Crippen LogP contribution is 2.11. The molecule has 0 aliphatic heterocycles. The van der Waals surface area contributed by atoms with Crippen LogP contribution in [0.1, 0.15) is 17.3 Å². The Balaban J connectivity index is 1.40. The van der Waals surface area contributed by atoms with Crippen molar-refractivity contribution >= 4 is 0 Å². The molecule has 0 spiro atoms. The van der Waals surface area contributed by atoms with Crippen molar-refractivity contribution in [3.63, 3.8) is 0 Å². The van der Waals surface area contributed by atoms with Crippen molar-refractivity contribution in [3.05, 3.63) is 77.9 Å². The molecule has 0 saturated heterocycles. The van der Waals surface area contributed by atoms with Crippen LogP contribution in [0.5, 0.6) is 5.75 Å². The minimum Gasteiger partial charge on any atom is -0.485 e. The van der Waals surface area contributed by atoms with Crippen LogP contribution in [0.15, 0.2) is 65.2 Å². The van der Waals surface area contributed by atoms with Crippen molar-refractivity contribution in [1.82, 2.24) is 10.1 Å². The molecule has 25 heavy (non-hydrogen) atoms. The monoisotopic (exact) mass is 339 g/mol. The third kappa shape index (κ3) is 5.70. The molecule has 3 rings (SSSR count). The van der Waals surface area contributed by atoms with Crippen molar-refractivity contribution in [2.24, 2.45) is 5.73 Å². The lowest BCUT2D eigenvalue weighted by Gasteiger charge is -2.09. The highest BCUT2D eigenvalue weighted by molar-refractivity contribution is 5.21. The smallest absolute Gasteiger partial charge is 0.228 e. The van der Waals surface area contributed by atoms with Gasteiger partial charge < -0.3 is 19.7 Å². The van der Waals surface area contributed by atoms with Crippen molar-refractivity contribution < 1.29 is 14.0 Å². The average Bonchev–Trinajstić information content (AvgIpc) is 3.09. The van der Waals surface area contributed by atoms with Crippen LogP contribution >= 0.6 is 0 Å². The molecule has 3 aromatic rings. The van der Waals surface area contributed by atoms with Crippen LogP contribution in [0, 0.1) is 0 Å². The molecule has 0 bridgehead atoms. The summed E-state index contributed by atoms with van der Waals surface area (Å²) in [5.74, 6) is 1.75. The van der Waals surface area contributed by atoms with Gasteiger partial charge in [0.1, 0.15) is 5.75 Å². The Hall–Kier alpha value is -2.70. The second kappa shape index (κ2) is 8.96. The predicted octanol–water partition coefficient (Wildman–Crippen LogP) is 2.74. The molecule has 6 nitrogen and oxygen atoms in total. The number of ether oxygens (including phenoxy) is 2. The zero-order chi connectivity index (χ0) is 17.3. The number of rotatable bonds is 9. The summed E-state index contributed by atoms with van der Waals surface area (Å²) < 4.78 is 16.4. The van der Waals surface area contributed by atoms with Gasteiger partial charge in [-0.3, -0.25) is 0 Å². The normalized spacial score (nSPS) is 12.0. The van der Waals surface area contributed by atoms with Crippen molar-refractivity contribution in [1.29, 1.82) is 0 Å². The van der Waals surface area contributed by atoms with Crippen LogP contribution < -0.4 is 10.5 Å². The summed E-state index contributed by atoms with van der Waals surface area (Å²) >= 11 is 0. The first-order chi connectivity index (χ1) is 12.3. The summed E-state index contributed by atoms with van der Waals surface area (Å²) in [5, 5.41) is 3.90. The summed E-state index contributed by atoms with van der Waals surface area (Å²) in [7, 11) is 0. The SMILES string of the molecule is N[C@H](COCc1ccccc1)Cc1nc(COc2ccccc2)no1. The quantitative estimate of drug-likeness (QED) is 0.645. The first-order valence-electron chi connectivity index (χ1n) is 8.16. The van der Waals surface area contributed by atoms with Crippen LogP contribution in [0.4, 0.5) is 0 Å². The molecule has 2 N–H and O–H groups in total. The number of benzene rings is 2. The van der Waals surface area contributed by atoms with Crippen molar-refractivity contribution in [2.45, 2.75) is 25.7 Å². The van der Waals surface area contributed by atoms with E-state index < -0.39 is 0 Å². The van der Waals surface area contributed by atoms with Gasteiger partial charge in [0.25, 0.3) is 0 Å². The second-order valence-electron chi connectivity index (χ2n) is 5.67. The van der Waals surface area contributed by atoms with Gasteiger partial charge in [0.2, 0.25) is 11.7 Å². The average molecular weight is 339 g/mol. The van der Waals surface area contributed by atoms with E-state index in [1.54, 1.807) is 0 Å². The second-order valence-corrected chi connectivity index (χ2v) is 5.67. The molecule has 1 aromatic heterocycles. The van der Waals surface area contributed by atoms with Crippen LogP contribution in [0.3, 0.4) is 0 Å². The Morgan fingerprint density at radius 3 is 2.44 bits per heavy atom. The van der Waals surface area contributed by atoms with E-state index in [4.69, 9.17) is 19.7 Å². The zero-order valence-electron chi connectivity index (χ0n) is 13.9. The van der Waals surface area contributed by atoms with Gasteiger partial charge in [0.15, 0.2) is 6.61 Å². The molecule has 0 radical (unpaired) electrons. The molecular weight excluding hydrogens is 318 g/mol. The number of nitrogens with two attached hydrogens (primary N) is 1. The highest BCUT2D eigenvalue weighted by Gasteiger charge is 2.12. The Kier molecular flexibility index (Phi) is 6.14. The van der Waals surface area contributed by atoms with E-state index in [1.165, 1.54) is 0 Å². The van der Waals surface area contributed by atoms with Crippen LogP contribution in [0.25, 0.3) is 0 Å². The Bertz CT molecular complexity index is 747. The number of hydrogen-bond donors (Lipinski definition) is 1. The number of nitrogens with zero attached hydrogens (tertiary/aromatic N) is 2. The Labute approximate surface area is 146 Å². The Morgan fingerprint density at radius 1 is 0.960 bits per heavy atom. The van der Waals surface area contributed by atoms with Crippen LogP contribution in [-0.4, -0.2) is 22.8 Å². The van der Waals surface area contributed by atoms with Crippen LogP contribution in [-0.2, 0) is 24.4 Å². The molecular formula is C19H21N3O3. The Morgan fingerprint density at radius 2 is 1.68 bits per heavy atom. The number of hydrogen-bond acceptors (Lipinski definition) is 6. The van der Waals surface area contributed by atoms with Crippen LogP contribution in [0.2, 0.25) is 0 Å². The lowest BCUT2D eigenvalue weighted by atomic mass is 10.2. The molecule has 2 aromatic carbocycles. The minimum absolute atomic E-state index is 0.202. The first-order valence-corrected chi connectivity index (χ1v) is 8.16. The summed E-state index contributed by atoms with van der Waals surface area (Å²) in [6.45, 7) is 1.22. The first kappa shape index (κ1) is 17.1. The summed E-state index contributed by atoms with van der Waals surface area (Å²) in [5.41, 5.74) is 7.18. The molecule has 1 heterocycles. The van der Waals surface area contributed by atoms with Gasteiger partial charge in [-0.2, -0.15) is 4.98 Å². The van der Waals surface area contributed by atoms with E-state index in [-0.39, 0.29) is 12.6 Å². The van der Waals surface area contributed by atoms with Gasteiger partial charge in [0, 0.05) is 12.5 Å². The maximum Gasteiger partial charge on any atom is 0.228 e. The highest BCUT2D eigenvalue weighted by atomic mass is 16.5. The van der Waals surface area contributed by atoms with Gasteiger partial charge in [-0.1, -0.05) is 53.7 Å². The van der Waals surface area contributed by atoms with E-state index in [0.717, 1.165) is 11.3 Å². The summed E-state index contributed by atoms with van der Waals surface area (Å²) in [4.78, 5) is 4.29. The molecule has 1 atom stereocenters.